The molecule has 0 aromatic heterocycles. The van der Waals surface area contributed by atoms with Gasteiger partial charge >= 0.3 is 0 Å². The average molecular weight is 480 g/mol. The van der Waals surface area contributed by atoms with Crippen molar-refractivity contribution in [1.82, 2.24) is 0 Å². The average Bonchev–Trinajstić information content (AvgIpc) is 2.95. The van der Waals surface area contributed by atoms with E-state index >= 15 is 0 Å². The van der Waals surface area contributed by atoms with E-state index in [2.05, 4.69) is 23.1 Å². The first-order valence-corrected chi connectivity index (χ1v) is 12.1. The molecular weight excluding hydrogens is 450 g/mol. The number of rotatable bonds is 8. The van der Waals surface area contributed by atoms with E-state index in [1.165, 1.54) is 5.39 Å². The number of nitrogens with zero attached hydrogens (tertiary/aromatic N) is 1. The van der Waals surface area contributed by atoms with Crippen molar-refractivity contribution in [2.24, 2.45) is 0 Å². The molecule has 0 aliphatic carbocycles. The van der Waals surface area contributed by atoms with Gasteiger partial charge in [-0.05, 0) is 70.9 Å². The lowest BCUT2D eigenvalue weighted by molar-refractivity contribution is 0.104. The first-order chi connectivity index (χ1) is 17.7. The zero-order chi connectivity index (χ0) is 24.7. The van der Waals surface area contributed by atoms with E-state index in [1.54, 1.807) is 13.2 Å². The second-order valence-electron chi connectivity index (χ2n) is 8.71. The van der Waals surface area contributed by atoms with Crippen LogP contribution in [0.5, 0.6) is 11.5 Å². The normalized spacial score (nSPS) is 13.8. The van der Waals surface area contributed by atoms with Gasteiger partial charge in [0.25, 0.3) is 0 Å². The van der Waals surface area contributed by atoms with E-state index in [9.17, 15) is 4.79 Å². The van der Waals surface area contributed by atoms with E-state index in [0.29, 0.717) is 12.2 Å². The van der Waals surface area contributed by atoms with Gasteiger partial charge in [-0.25, -0.2) is 0 Å². The predicted octanol–water partition coefficient (Wildman–Crippen LogP) is 6.16. The summed E-state index contributed by atoms with van der Waals surface area (Å²) in [6.07, 6.45) is 3.44. The van der Waals surface area contributed by atoms with Crippen molar-refractivity contribution in [3.8, 4) is 11.5 Å². The molecule has 182 valence electrons. The van der Waals surface area contributed by atoms with Crippen LogP contribution in [0.25, 0.3) is 16.8 Å². The molecule has 1 saturated heterocycles. The maximum atomic E-state index is 12.8. The van der Waals surface area contributed by atoms with Crippen LogP contribution in [0.15, 0.2) is 91.0 Å². The fourth-order valence-corrected chi connectivity index (χ4v) is 4.36. The maximum absolute atomic E-state index is 12.8. The second-order valence-corrected chi connectivity index (χ2v) is 8.71. The highest BCUT2D eigenvalue weighted by Gasteiger charge is 2.12. The van der Waals surface area contributed by atoms with Gasteiger partial charge in [0, 0.05) is 29.9 Å². The summed E-state index contributed by atoms with van der Waals surface area (Å²) in [5.41, 5.74) is 3.60. The monoisotopic (exact) mass is 479 g/mol. The minimum absolute atomic E-state index is 0.0340. The number of fused-ring (bicyclic) bond motifs is 1. The summed E-state index contributed by atoms with van der Waals surface area (Å²) in [5.74, 6) is 1.51. The molecule has 4 aromatic rings. The molecule has 1 aliphatic heterocycles. The minimum Gasteiger partial charge on any atom is -0.496 e. The lowest BCUT2D eigenvalue weighted by atomic mass is 10.1. The molecule has 5 nitrogen and oxygen atoms in total. The largest absolute Gasteiger partial charge is 0.496 e. The van der Waals surface area contributed by atoms with Crippen molar-refractivity contribution in [2.45, 2.75) is 6.61 Å². The van der Waals surface area contributed by atoms with Crippen LogP contribution < -0.4 is 14.4 Å². The van der Waals surface area contributed by atoms with Crippen LogP contribution in [0, 0.1) is 0 Å². The van der Waals surface area contributed by atoms with Crippen LogP contribution in [-0.4, -0.2) is 39.2 Å². The second kappa shape index (κ2) is 11.1. The predicted molar refractivity (Wildman–Crippen MR) is 144 cm³/mol. The molecule has 36 heavy (non-hydrogen) atoms. The number of hydrogen-bond acceptors (Lipinski definition) is 5. The molecule has 0 N–H and O–H groups in total. The number of carbonyl (C=O) groups is 1. The molecule has 1 aliphatic rings. The lowest BCUT2D eigenvalue weighted by Crippen LogP contribution is -2.36. The van der Waals surface area contributed by atoms with Gasteiger partial charge in [-0.2, -0.15) is 0 Å². The van der Waals surface area contributed by atoms with E-state index in [1.807, 2.05) is 72.8 Å². The topological polar surface area (TPSA) is 48.0 Å². The molecule has 0 unspecified atom stereocenters. The van der Waals surface area contributed by atoms with Gasteiger partial charge in [0.1, 0.15) is 18.1 Å². The van der Waals surface area contributed by atoms with Crippen LogP contribution in [0.2, 0.25) is 0 Å². The van der Waals surface area contributed by atoms with Crippen LogP contribution in [-0.2, 0) is 11.3 Å². The van der Waals surface area contributed by atoms with Gasteiger partial charge in [-0.3, -0.25) is 4.79 Å². The smallest absolute Gasteiger partial charge is 0.185 e. The molecule has 0 spiro atoms. The molecular formula is C31H29NO4. The molecule has 0 saturated carbocycles. The third kappa shape index (κ3) is 5.58. The Morgan fingerprint density at radius 2 is 1.69 bits per heavy atom. The highest BCUT2D eigenvalue weighted by atomic mass is 16.5. The van der Waals surface area contributed by atoms with Gasteiger partial charge in [-0.1, -0.05) is 42.5 Å². The van der Waals surface area contributed by atoms with E-state index in [0.717, 1.165) is 60.0 Å². The summed E-state index contributed by atoms with van der Waals surface area (Å²) in [7, 11) is 1.65. The third-order valence-corrected chi connectivity index (χ3v) is 6.37. The summed E-state index contributed by atoms with van der Waals surface area (Å²) >= 11 is 0. The summed E-state index contributed by atoms with van der Waals surface area (Å²) in [4.78, 5) is 15.0. The number of allylic oxidation sites excluding steroid dienone is 1. The molecule has 0 radical (unpaired) electrons. The van der Waals surface area contributed by atoms with Crippen molar-refractivity contribution in [3.05, 3.63) is 108 Å². The lowest BCUT2D eigenvalue weighted by Gasteiger charge is -2.28. The highest BCUT2D eigenvalue weighted by molar-refractivity contribution is 6.07. The Labute approximate surface area is 211 Å². The number of methoxy groups -OCH3 is 1. The quantitative estimate of drug-likeness (QED) is 0.224. The van der Waals surface area contributed by atoms with Crippen LogP contribution in [0.1, 0.15) is 21.5 Å². The molecule has 1 heterocycles. The van der Waals surface area contributed by atoms with Crippen LogP contribution in [0.3, 0.4) is 0 Å². The van der Waals surface area contributed by atoms with Gasteiger partial charge in [0.05, 0.1) is 20.3 Å². The Bertz CT molecular complexity index is 1370. The Morgan fingerprint density at radius 1 is 0.917 bits per heavy atom. The van der Waals surface area contributed by atoms with E-state index < -0.39 is 0 Å². The van der Waals surface area contributed by atoms with Gasteiger partial charge in [-0.15, -0.1) is 0 Å². The van der Waals surface area contributed by atoms with E-state index in [-0.39, 0.29) is 5.78 Å². The summed E-state index contributed by atoms with van der Waals surface area (Å²) < 4.78 is 17.0. The Morgan fingerprint density at radius 3 is 2.47 bits per heavy atom. The van der Waals surface area contributed by atoms with Crippen LogP contribution >= 0.6 is 0 Å². The number of morpholine rings is 1. The molecule has 4 aromatic carbocycles. The SMILES string of the molecule is COc1ccc(/C=C/C(=O)c2ccc(N3CCOCC3)cc2)cc1COc1ccc2ccccc2c1. The first kappa shape index (κ1) is 23.6. The number of benzene rings is 4. The van der Waals surface area contributed by atoms with Crippen molar-refractivity contribution < 1.29 is 19.0 Å². The first-order valence-electron chi connectivity index (χ1n) is 12.1. The minimum atomic E-state index is -0.0340. The number of carbonyl (C=O) groups excluding carboxylic acids is 1. The molecule has 1 fully saturated rings. The number of ketones is 1. The van der Waals surface area contributed by atoms with E-state index in [4.69, 9.17) is 14.2 Å². The fourth-order valence-electron chi connectivity index (χ4n) is 4.36. The summed E-state index contributed by atoms with van der Waals surface area (Å²) in [5, 5.41) is 2.31. The van der Waals surface area contributed by atoms with Crippen molar-refractivity contribution in [1.29, 1.82) is 0 Å². The molecule has 0 bridgehead atoms. The van der Waals surface area contributed by atoms with Crippen molar-refractivity contribution in [2.75, 3.05) is 38.3 Å². The summed E-state index contributed by atoms with van der Waals surface area (Å²) in [6.45, 7) is 3.58. The molecule has 0 amide bonds. The highest BCUT2D eigenvalue weighted by Crippen LogP contribution is 2.25. The molecule has 5 rings (SSSR count). The zero-order valence-corrected chi connectivity index (χ0v) is 20.4. The maximum Gasteiger partial charge on any atom is 0.185 e. The van der Waals surface area contributed by atoms with Gasteiger partial charge in [0.2, 0.25) is 0 Å². The third-order valence-electron chi connectivity index (χ3n) is 6.37. The molecule has 5 heteroatoms. The van der Waals surface area contributed by atoms with Crippen LogP contribution in [0.4, 0.5) is 5.69 Å². The zero-order valence-electron chi connectivity index (χ0n) is 20.4. The number of ether oxygens (including phenoxy) is 3. The fraction of sp³-hybridized carbons (Fsp3) is 0.194. The van der Waals surface area contributed by atoms with Gasteiger partial charge < -0.3 is 19.1 Å². The van der Waals surface area contributed by atoms with Crippen molar-refractivity contribution >= 4 is 28.3 Å². The Kier molecular flexibility index (Phi) is 7.29. The molecule has 0 atom stereocenters. The standard InChI is InChI=1S/C31H29NO4/c1-34-31-15-7-23(20-27(31)22-36-29-13-10-24-4-2-3-5-26(24)21-29)6-14-30(33)25-8-11-28(12-9-25)32-16-18-35-19-17-32/h2-15,20-21H,16-19,22H2,1H3/b14-6+. The Hall–Kier alpha value is -4.09. The Balaban J connectivity index is 1.26. The number of hydrogen-bond donors (Lipinski definition) is 0. The van der Waals surface area contributed by atoms with Crippen molar-refractivity contribution in [3.63, 3.8) is 0 Å². The van der Waals surface area contributed by atoms with Gasteiger partial charge in [0.15, 0.2) is 5.78 Å². The summed E-state index contributed by atoms with van der Waals surface area (Å²) in [6, 6.07) is 27.9. The number of anilines is 1.